The molecule has 1 aromatic rings. The average molecular weight is 250 g/mol. The molecule has 0 radical (unpaired) electrons. The second-order valence-electron chi connectivity index (χ2n) is 4.38. The minimum atomic E-state index is 0.477. The Morgan fingerprint density at radius 2 is 2.06 bits per heavy atom. The topological polar surface area (TPSA) is 29.3 Å². The van der Waals surface area contributed by atoms with Crippen molar-refractivity contribution >= 4 is 22.9 Å². The molecule has 0 saturated carbocycles. The Kier molecular flexibility index (Phi) is 4.94. The highest BCUT2D eigenvalue weighted by Crippen LogP contribution is 2.27. The van der Waals surface area contributed by atoms with Crippen LogP contribution in [0.4, 0.5) is 5.69 Å². The molecule has 0 aliphatic carbocycles. The molecule has 0 amide bonds. The molecule has 2 nitrogen and oxygen atoms in total. The second-order valence-corrected chi connectivity index (χ2v) is 4.82. The van der Waals surface area contributed by atoms with E-state index >= 15 is 0 Å². The Balaban J connectivity index is 3.31. The Morgan fingerprint density at radius 3 is 2.53 bits per heavy atom. The number of benzene rings is 1. The summed E-state index contributed by atoms with van der Waals surface area (Å²) in [5, 5.41) is 0. The first-order chi connectivity index (χ1) is 8.02. The maximum atomic E-state index is 5.82. The van der Waals surface area contributed by atoms with Crippen LogP contribution in [-0.4, -0.2) is 17.6 Å². The Hall–Kier alpha value is -1.09. The van der Waals surface area contributed by atoms with Gasteiger partial charge in [-0.15, -0.1) is 0 Å². The minimum Gasteiger partial charge on any atom is -0.389 e. The van der Waals surface area contributed by atoms with E-state index in [1.165, 1.54) is 11.3 Å². The molecular weight excluding hydrogens is 228 g/mol. The van der Waals surface area contributed by atoms with Crippen molar-refractivity contribution in [1.29, 1.82) is 0 Å². The van der Waals surface area contributed by atoms with Crippen LogP contribution in [0, 0.1) is 6.92 Å². The molecule has 0 spiro atoms. The zero-order chi connectivity index (χ0) is 13.0. The van der Waals surface area contributed by atoms with Crippen LogP contribution in [0.25, 0.3) is 0 Å². The molecule has 2 N–H and O–H groups in total. The molecule has 94 valence electrons. The highest BCUT2D eigenvalue weighted by molar-refractivity contribution is 7.80. The standard InChI is InChI=1S/C14H22N2S/c1-5-11(4)16(6-2)13-10(3)8-7-9-12(13)14(15)17/h7-9,11H,5-6H2,1-4H3,(H2,15,17). The number of hydrogen-bond acceptors (Lipinski definition) is 2. The number of thiocarbonyl (C=S) groups is 1. The van der Waals surface area contributed by atoms with Crippen LogP contribution in [0.3, 0.4) is 0 Å². The molecule has 3 heteroatoms. The fraction of sp³-hybridized carbons (Fsp3) is 0.500. The van der Waals surface area contributed by atoms with Crippen molar-refractivity contribution in [3.8, 4) is 0 Å². The number of nitrogens with two attached hydrogens (primary N) is 1. The molecule has 1 unspecified atom stereocenters. The summed E-state index contributed by atoms with van der Waals surface area (Å²) in [7, 11) is 0. The maximum absolute atomic E-state index is 5.82. The van der Waals surface area contributed by atoms with Gasteiger partial charge in [0, 0.05) is 18.2 Å². The predicted octanol–water partition coefficient (Wildman–Crippen LogP) is 3.25. The first kappa shape index (κ1) is 14.0. The minimum absolute atomic E-state index is 0.477. The normalized spacial score (nSPS) is 12.2. The summed E-state index contributed by atoms with van der Waals surface area (Å²) < 4.78 is 0. The van der Waals surface area contributed by atoms with Crippen LogP contribution < -0.4 is 10.6 Å². The van der Waals surface area contributed by atoms with Gasteiger partial charge in [-0.2, -0.15) is 0 Å². The van der Waals surface area contributed by atoms with Crippen molar-refractivity contribution in [2.45, 2.75) is 40.2 Å². The zero-order valence-corrected chi connectivity index (χ0v) is 12.0. The van der Waals surface area contributed by atoms with Crippen LogP contribution in [0.5, 0.6) is 0 Å². The van der Waals surface area contributed by atoms with Crippen molar-refractivity contribution in [1.82, 2.24) is 0 Å². The molecule has 0 aliphatic rings. The van der Waals surface area contributed by atoms with E-state index in [9.17, 15) is 0 Å². The van der Waals surface area contributed by atoms with Gasteiger partial charge in [0.15, 0.2) is 0 Å². The molecule has 0 saturated heterocycles. The Morgan fingerprint density at radius 1 is 1.41 bits per heavy atom. The van der Waals surface area contributed by atoms with Gasteiger partial charge in [0.2, 0.25) is 0 Å². The number of anilines is 1. The third-order valence-corrected chi connectivity index (χ3v) is 3.47. The van der Waals surface area contributed by atoms with Crippen molar-refractivity contribution in [3.63, 3.8) is 0 Å². The van der Waals surface area contributed by atoms with Gasteiger partial charge >= 0.3 is 0 Å². The first-order valence-corrected chi connectivity index (χ1v) is 6.59. The summed E-state index contributed by atoms with van der Waals surface area (Å²) in [6.07, 6.45) is 1.11. The molecule has 0 fully saturated rings. The van der Waals surface area contributed by atoms with Crippen LogP contribution >= 0.6 is 12.2 Å². The van der Waals surface area contributed by atoms with E-state index < -0.39 is 0 Å². The summed E-state index contributed by atoms with van der Waals surface area (Å²) >= 11 is 5.15. The highest BCUT2D eigenvalue weighted by atomic mass is 32.1. The summed E-state index contributed by atoms with van der Waals surface area (Å²) in [5.41, 5.74) is 9.24. The van der Waals surface area contributed by atoms with Crippen LogP contribution in [0.2, 0.25) is 0 Å². The molecule has 1 aromatic carbocycles. The number of rotatable bonds is 5. The monoisotopic (exact) mass is 250 g/mol. The van der Waals surface area contributed by atoms with E-state index in [4.69, 9.17) is 18.0 Å². The third-order valence-electron chi connectivity index (χ3n) is 3.25. The fourth-order valence-electron chi connectivity index (χ4n) is 2.15. The van der Waals surface area contributed by atoms with Gasteiger partial charge in [-0.1, -0.05) is 31.3 Å². The quantitative estimate of drug-likeness (QED) is 0.813. The van der Waals surface area contributed by atoms with Crippen molar-refractivity contribution in [2.75, 3.05) is 11.4 Å². The van der Waals surface area contributed by atoms with E-state index in [1.54, 1.807) is 0 Å². The van der Waals surface area contributed by atoms with Gasteiger partial charge in [-0.3, -0.25) is 0 Å². The number of para-hydroxylation sites is 1. The molecule has 0 heterocycles. The van der Waals surface area contributed by atoms with Crippen LogP contribution in [0.15, 0.2) is 18.2 Å². The van der Waals surface area contributed by atoms with E-state index in [2.05, 4.69) is 38.7 Å². The highest BCUT2D eigenvalue weighted by Gasteiger charge is 2.17. The van der Waals surface area contributed by atoms with E-state index in [0.717, 1.165) is 18.5 Å². The van der Waals surface area contributed by atoms with Gasteiger partial charge in [0.1, 0.15) is 4.99 Å². The Bertz CT molecular complexity index is 401. The summed E-state index contributed by atoms with van der Waals surface area (Å²) in [6.45, 7) is 9.69. The van der Waals surface area contributed by atoms with Gasteiger partial charge < -0.3 is 10.6 Å². The van der Waals surface area contributed by atoms with Crippen LogP contribution in [-0.2, 0) is 0 Å². The average Bonchev–Trinajstić information content (AvgIpc) is 2.31. The largest absolute Gasteiger partial charge is 0.389 e. The fourth-order valence-corrected chi connectivity index (χ4v) is 2.31. The second kappa shape index (κ2) is 6.01. The molecule has 1 rings (SSSR count). The lowest BCUT2D eigenvalue weighted by Crippen LogP contribution is -2.34. The summed E-state index contributed by atoms with van der Waals surface area (Å²) in [4.78, 5) is 2.86. The molecular formula is C14H22N2S. The van der Waals surface area contributed by atoms with Gasteiger partial charge in [0.25, 0.3) is 0 Å². The smallest absolute Gasteiger partial charge is 0.106 e. The molecule has 1 atom stereocenters. The number of aryl methyl sites for hydroxylation is 1. The van der Waals surface area contributed by atoms with E-state index in [0.29, 0.717) is 11.0 Å². The van der Waals surface area contributed by atoms with E-state index in [1.807, 2.05) is 12.1 Å². The molecule has 0 bridgehead atoms. The lowest BCUT2D eigenvalue weighted by atomic mass is 10.0. The van der Waals surface area contributed by atoms with Crippen molar-refractivity contribution < 1.29 is 0 Å². The predicted molar refractivity (Wildman–Crippen MR) is 79.8 cm³/mol. The third kappa shape index (κ3) is 2.97. The zero-order valence-electron chi connectivity index (χ0n) is 11.2. The summed E-state index contributed by atoms with van der Waals surface area (Å²) in [6, 6.07) is 6.63. The first-order valence-electron chi connectivity index (χ1n) is 6.18. The van der Waals surface area contributed by atoms with Crippen LogP contribution in [0.1, 0.15) is 38.3 Å². The molecule has 17 heavy (non-hydrogen) atoms. The maximum Gasteiger partial charge on any atom is 0.106 e. The lowest BCUT2D eigenvalue weighted by molar-refractivity contribution is 0.628. The van der Waals surface area contributed by atoms with Gasteiger partial charge in [-0.25, -0.2) is 0 Å². The summed E-state index contributed by atoms with van der Waals surface area (Å²) in [5.74, 6) is 0. The number of hydrogen-bond donors (Lipinski definition) is 1. The van der Waals surface area contributed by atoms with Crippen molar-refractivity contribution in [2.24, 2.45) is 5.73 Å². The molecule has 0 aromatic heterocycles. The van der Waals surface area contributed by atoms with Gasteiger partial charge in [0.05, 0.1) is 5.69 Å². The van der Waals surface area contributed by atoms with Crippen molar-refractivity contribution in [3.05, 3.63) is 29.3 Å². The number of nitrogens with zero attached hydrogens (tertiary/aromatic N) is 1. The molecule has 0 aliphatic heterocycles. The van der Waals surface area contributed by atoms with Gasteiger partial charge in [-0.05, 0) is 38.8 Å². The van der Waals surface area contributed by atoms with E-state index in [-0.39, 0.29) is 0 Å². The SMILES string of the molecule is CCC(C)N(CC)c1c(C)cccc1C(N)=S. The lowest BCUT2D eigenvalue weighted by Gasteiger charge is -2.32. The Labute approximate surface area is 110 Å².